The summed E-state index contributed by atoms with van der Waals surface area (Å²) in [7, 11) is 0. The van der Waals surface area contributed by atoms with Crippen LogP contribution in [0.3, 0.4) is 0 Å². The van der Waals surface area contributed by atoms with E-state index in [2.05, 4.69) is 15.9 Å². The molecule has 2 fully saturated rings. The number of ether oxygens (including phenoxy) is 1. The number of likely N-dealkylation sites (tertiary alicyclic amines) is 1. The molecule has 0 aromatic heterocycles. The van der Waals surface area contributed by atoms with E-state index in [-0.39, 0.29) is 5.78 Å². The Kier molecular flexibility index (Phi) is 5.81. The van der Waals surface area contributed by atoms with Gasteiger partial charge < -0.3 is 9.64 Å². The number of hydrogen-bond donors (Lipinski definition) is 0. The van der Waals surface area contributed by atoms with Crippen molar-refractivity contribution < 1.29 is 9.53 Å². The summed E-state index contributed by atoms with van der Waals surface area (Å²) in [4.78, 5) is 16.9. The van der Waals surface area contributed by atoms with Crippen molar-refractivity contribution in [3.05, 3.63) is 35.4 Å². The Morgan fingerprint density at radius 3 is 2.52 bits per heavy atom. The second kappa shape index (κ2) is 8.04. The molecule has 0 saturated carbocycles. The molecule has 0 amide bonds. The van der Waals surface area contributed by atoms with Crippen LogP contribution in [0.15, 0.2) is 24.3 Å². The molecule has 4 heteroatoms. The second-order valence-electron chi connectivity index (χ2n) is 6.68. The van der Waals surface area contributed by atoms with Gasteiger partial charge in [-0.25, -0.2) is 0 Å². The summed E-state index contributed by atoms with van der Waals surface area (Å²) in [6, 6.07) is 8.76. The molecule has 3 rings (SSSR count). The van der Waals surface area contributed by atoms with Gasteiger partial charge in [0.05, 0.1) is 13.2 Å². The zero-order valence-corrected chi connectivity index (χ0v) is 14.2. The zero-order chi connectivity index (χ0) is 16.1. The molecule has 23 heavy (non-hydrogen) atoms. The fraction of sp³-hybridized carbons (Fsp3) is 0.632. The molecule has 4 nitrogen and oxygen atoms in total. The highest BCUT2D eigenvalue weighted by molar-refractivity contribution is 5.95. The highest BCUT2D eigenvalue weighted by Gasteiger charge is 2.25. The van der Waals surface area contributed by atoms with Crippen molar-refractivity contribution in [3.63, 3.8) is 0 Å². The molecule has 2 heterocycles. The maximum atomic E-state index is 11.7. The van der Waals surface area contributed by atoms with Crippen LogP contribution in [-0.4, -0.2) is 67.6 Å². The number of piperidine rings is 1. The smallest absolute Gasteiger partial charge is 0.160 e. The van der Waals surface area contributed by atoms with Gasteiger partial charge in [-0.1, -0.05) is 24.3 Å². The fourth-order valence-electron chi connectivity index (χ4n) is 3.81. The van der Waals surface area contributed by atoms with Crippen molar-refractivity contribution >= 4 is 5.78 Å². The van der Waals surface area contributed by atoms with E-state index in [1.54, 1.807) is 6.92 Å². The molecular formula is C19H28N2O2. The lowest BCUT2D eigenvalue weighted by atomic mass is 9.99. The van der Waals surface area contributed by atoms with Crippen LogP contribution in [0.1, 0.15) is 35.7 Å². The Morgan fingerprint density at radius 2 is 1.83 bits per heavy atom. The summed E-state index contributed by atoms with van der Waals surface area (Å²) >= 11 is 0. The summed E-state index contributed by atoms with van der Waals surface area (Å²) < 4.78 is 5.45. The molecule has 2 aliphatic heterocycles. The number of ketones is 1. The molecule has 0 bridgehead atoms. The fourth-order valence-corrected chi connectivity index (χ4v) is 3.81. The van der Waals surface area contributed by atoms with Crippen molar-refractivity contribution in [3.8, 4) is 0 Å². The first-order valence-corrected chi connectivity index (χ1v) is 8.87. The Bertz CT molecular complexity index is 518. The average Bonchev–Trinajstić information content (AvgIpc) is 2.61. The summed E-state index contributed by atoms with van der Waals surface area (Å²) in [6.07, 6.45) is 3.49. The lowest BCUT2D eigenvalue weighted by Crippen LogP contribution is -2.49. The van der Waals surface area contributed by atoms with E-state index in [4.69, 9.17) is 4.74 Å². The highest BCUT2D eigenvalue weighted by Crippen LogP contribution is 2.19. The van der Waals surface area contributed by atoms with Gasteiger partial charge in [-0.05, 0) is 44.8 Å². The van der Waals surface area contributed by atoms with Crippen molar-refractivity contribution in [2.75, 3.05) is 45.9 Å². The summed E-state index contributed by atoms with van der Waals surface area (Å²) in [5.41, 5.74) is 2.08. The van der Waals surface area contributed by atoms with Gasteiger partial charge in [0.1, 0.15) is 0 Å². The van der Waals surface area contributed by atoms with Crippen LogP contribution in [0.2, 0.25) is 0 Å². The molecule has 1 aromatic carbocycles. The van der Waals surface area contributed by atoms with Crippen LogP contribution in [0.25, 0.3) is 0 Å². The van der Waals surface area contributed by atoms with E-state index in [1.165, 1.54) is 31.5 Å². The number of morpholine rings is 1. The van der Waals surface area contributed by atoms with Crippen molar-refractivity contribution in [1.29, 1.82) is 0 Å². The lowest BCUT2D eigenvalue weighted by molar-refractivity contribution is 0.00101. The molecular weight excluding hydrogens is 288 g/mol. The van der Waals surface area contributed by atoms with Crippen molar-refractivity contribution in [2.24, 2.45) is 0 Å². The number of hydrogen-bond acceptors (Lipinski definition) is 4. The third kappa shape index (κ3) is 4.40. The number of benzene rings is 1. The summed E-state index contributed by atoms with van der Waals surface area (Å²) in [6.45, 7) is 9.03. The molecule has 1 aromatic rings. The first-order chi connectivity index (χ1) is 11.2. The van der Waals surface area contributed by atoms with Gasteiger partial charge in [0.15, 0.2) is 5.78 Å². The maximum Gasteiger partial charge on any atom is 0.160 e. The van der Waals surface area contributed by atoms with Gasteiger partial charge in [-0.3, -0.25) is 9.69 Å². The van der Waals surface area contributed by atoms with Gasteiger partial charge >= 0.3 is 0 Å². The standard InChI is InChI=1S/C19H28N2O2/c1-16(22)19-5-3-2-4-17(19)6-9-20-10-7-18(8-11-20)21-12-14-23-15-13-21/h2-5,18H,6-15H2,1H3. The number of rotatable bonds is 5. The van der Waals surface area contributed by atoms with Crippen LogP contribution in [0, 0.1) is 0 Å². The largest absolute Gasteiger partial charge is 0.379 e. The first kappa shape index (κ1) is 16.6. The predicted molar refractivity (Wildman–Crippen MR) is 92.0 cm³/mol. The summed E-state index contributed by atoms with van der Waals surface area (Å²) in [5, 5.41) is 0. The van der Waals surface area contributed by atoms with Crippen LogP contribution in [-0.2, 0) is 11.2 Å². The Hall–Kier alpha value is -1.23. The molecule has 0 radical (unpaired) electrons. The maximum absolute atomic E-state index is 11.7. The zero-order valence-electron chi connectivity index (χ0n) is 14.2. The number of nitrogens with zero attached hydrogens (tertiary/aromatic N) is 2. The second-order valence-corrected chi connectivity index (χ2v) is 6.68. The van der Waals surface area contributed by atoms with Gasteiger partial charge in [-0.15, -0.1) is 0 Å². The van der Waals surface area contributed by atoms with Crippen molar-refractivity contribution in [2.45, 2.75) is 32.2 Å². The quantitative estimate of drug-likeness (QED) is 0.780. The number of carbonyl (C=O) groups is 1. The Labute approximate surface area is 139 Å². The van der Waals surface area contributed by atoms with Gasteiger partial charge in [0, 0.05) is 31.2 Å². The monoisotopic (exact) mass is 316 g/mol. The predicted octanol–water partition coefficient (Wildman–Crippen LogP) is 2.23. The highest BCUT2D eigenvalue weighted by atomic mass is 16.5. The minimum absolute atomic E-state index is 0.173. The van der Waals surface area contributed by atoms with Crippen molar-refractivity contribution in [1.82, 2.24) is 9.80 Å². The van der Waals surface area contributed by atoms with Crippen LogP contribution in [0.5, 0.6) is 0 Å². The van der Waals surface area contributed by atoms with Gasteiger partial charge in [0.25, 0.3) is 0 Å². The van der Waals surface area contributed by atoms with Crippen LogP contribution < -0.4 is 0 Å². The van der Waals surface area contributed by atoms with E-state index < -0.39 is 0 Å². The van der Waals surface area contributed by atoms with Crippen LogP contribution >= 0.6 is 0 Å². The SMILES string of the molecule is CC(=O)c1ccccc1CCN1CCC(N2CCOCC2)CC1. The minimum Gasteiger partial charge on any atom is -0.379 e. The molecule has 0 unspecified atom stereocenters. The van der Waals surface area contributed by atoms with E-state index in [0.717, 1.165) is 50.9 Å². The molecule has 126 valence electrons. The Morgan fingerprint density at radius 1 is 1.13 bits per heavy atom. The third-order valence-electron chi connectivity index (χ3n) is 5.21. The molecule has 2 saturated heterocycles. The van der Waals surface area contributed by atoms with Gasteiger partial charge in [-0.2, -0.15) is 0 Å². The van der Waals surface area contributed by atoms with E-state index >= 15 is 0 Å². The minimum atomic E-state index is 0.173. The lowest BCUT2D eigenvalue weighted by Gasteiger charge is -2.40. The topological polar surface area (TPSA) is 32.8 Å². The summed E-state index contributed by atoms with van der Waals surface area (Å²) in [5.74, 6) is 0.173. The first-order valence-electron chi connectivity index (χ1n) is 8.87. The van der Waals surface area contributed by atoms with E-state index in [9.17, 15) is 4.79 Å². The van der Waals surface area contributed by atoms with E-state index in [1.807, 2.05) is 18.2 Å². The van der Waals surface area contributed by atoms with Crippen LogP contribution in [0.4, 0.5) is 0 Å². The molecule has 2 aliphatic rings. The third-order valence-corrected chi connectivity index (χ3v) is 5.21. The molecule has 0 aliphatic carbocycles. The normalized spacial score (nSPS) is 21.4. The number of Topliss-reactive ketones (excluding diaryl/α,β-unsaturated/α-hetero) is 1. The Balaban J connectivity index is 1.47. The van der Waals surface area contributed by atoms with Gasteiger partial charge in [0.2, 0.25) is 0 Å². The molecule has 0 N–H and O–H groups in total. The van der Waals surface area contributed by atoms with E-state index in [0.29, 0.717) is 0 Å². The number of carbonyl (C=O) groups excluding carboxylic acids is 1. The average molecular weight is 316 g/mol. The molecule has 0 spiro atoms. The molecule has 0 atom stereocenters.